The molecule has 0 saturated carbocycles. The van der Waals surface area contributed by atoms with E-state index in [1.807, 2.05) is 11.0 Å². The third kappa shape index (κ3) is 4.54. The number of piperazine rings is 1. The molecule has 1 fully saturated rings. The van der Waals surface area contributed by atoms with Gasteiger partial charge in [-0.15, -0.1) is 0 Å². The summed E-state index contributed by atoms with van der Waals surface area (Å²) < 4.78 is 1.29. The highest BCUT2D eigenvalue weighted by atomic mass is 16.3. The maximum atomic E-state index is 13.4. The van der Waals surface area contributed by atoms with E-state index in [9.17, 15) is 24.8 Å². The van der Waals surface area contributed by atoms with Gasteiger partial charge in [-0.05, 0) is 12.1 Å². The molecule has 9 nitrogen and oxygen atoms in total. The van der Waals surface area contributed by atoms with Gasteiger partial charge in [-0.1, -0.05) is 43.0 Å². The van der Waals surface area contributed by atoms with Crippen molar-refractivity contribution in [1.82, 2.24) is 14.5 Å². The van der Waals surface area contributed by atoms with Gasteiger partial charge in [-0.3, -0.25) is 23.9 Å². The summed E-state index contributed by atoms with van der Waals surface area (Å²) in [4.78, 5) is 46.2. The van der Waals surface area contributed by atoms with Gasteiger partial charge < -0.3 is 14.9 Å². The third-order valence-corrected chi connectivity index (χ3v) is 5.93. The van der Waals surface area contributed by atoms with Crippen LogP contribution < -0.4 is 10.5 Å². The Morgan fingerprint density at radius 1 is 1.14 bits per heavy atom. The van der Waals surface area contributed by atoms with Crippen LogP contribution in [0, 0.1) is 11.3 Å². The number of nitrogens with zero attached hydrogens (tertiary/aromatic N) is 5. The van der Waals surface area contributed by atoms with Crippen LogP contribution in [-0.2, 0) is 11.3 Å². The number of ketones is 1. The van der Waals surface area contributed by atoms with Crippen LogP contribution in [0.4, 0.5) is 5.69 Å². The summed E-state index contributed by atoms with van der Waals surface area (Å²) in [6, 6.07) is 12.4. The Hall–Kier alpha value is -4.71. The van der Waals surface area contributed by atoms with Crippen molar-refractivity contribution in [3.8, 4) is 6.07 Å². The molecule has 1 aromatic carbocycles. The van der Waals surface area contributed by atoms with Crippen molar-refractivity contribution < 1.29 is 14.7 Å². The highest BCUT2D eigenvalue weighted by Crippen LogP contribution is 2.29. The molecule has 0 unspecified atom stereocenters. The molecule has 0 aliphatic carbocycles. The number of carbonyl (C=O) groups is 2. The number of pyridine rings is 2. The van der Waals surface area contributed by atoms with E-state index >= 15 is 0 Å². The minimum Gasteiger partial charge on any atom is -0.503 e. The molecular formula is C26H23N5O4. The van der Waals surface area contributed by atoms with E-state index < -0.39 is 17.2 Å². The van der Waals surface area contributed by atoms with Crippen LogP contribution >= 0.6 is 0 Å². The molecule has 3 aromatic rings. The second-order valence-electron chi connectivity index (χ2n) is 7.98. The molecule has 176 valence electrons. The average molecular weight is 470 g/mol. The van der Waals surface area contributed by atoms with E-state index in [0.29, 0.717) is 48.3 Å². The summed E-state index contributed by atoms with van der Waals surface area (Å²) in [5.74, 6) is -1.16. The molecule has 1 N–H and O–H groups in total. The summed E-state index contributed by atoms with van der Waals surface area (Å²) in [7, 11) is 0. The number of Topliss-reactive ketones (excluding diaryl/α,β-unsaturated/α-hetero) is 1. The van der Waals surface area contributed by atoms with Gasteiger partial charge in [0, 0.05) is 43.3 Å². The summed E-state index contributed by atoms with van der Waals surface area (Å²) in [5, 5.41) is 20.4. The van der Waals surface area contributed by atoms with Crippen LogP contribution in [0.1, 0.15) is 15.9 Å². The van der Waals surface area contributed by atoms with Crippen LogP contribution in [0.5, 0.6) is 0 Å². The van der Waals surface area contributed by atoms with Crippen molar-refractivity contribution in [1.29, 1.82) is 5.26 Å². The fourth-order valence-corrected chi connectivity index (χ4v) is 4.20. The van der Waals surface area contributed by atoms with Crippen molar-refractivity contribution in [2.45, 2.75) is 6.54 Å². The Labute approximate surface area is 201 Å². The highest BCUT2D eigenvalue weighted by molar-refractivity contribution is 5.99. The first-order valence-corrected chi connectivity index (χ1v) is 11.0. The van der Waals surface area contributed by atoms with Crippen molar-refractivity contribution in [3.63, 3.8) is 0 Å². The van der Waals surface area contributed by atoms with Crippen molar-refractivity contribution in [2.75, 3.05) is 31.1 Å². The lowest BCUT2D eigenvalue weighted by atomic mass is 10.1. The molecule has 0 spiro atoms. The summed E-state index contributed by atoms with van der Waals surface area (Å²) in [6.07, 6.45) is 5.65. The number of allylic oxidation sites excluding steroid dienone is 2. The van der Waals surface area contributed by atoms with E-state index in [1.54, 1.807) is 42.6 Å². The molecule has 3 heterocycles. The van der Waals surface area contributed by atoms with Gasteiger partial charge in [0.15, 0.2) is 11.5 Å². The number of hydrogen-bond donors (Lipinski definition) is 1. The third-order valence-electron chi connectivity index (χ3n) is 5.93. The summed E-state index contributed by atoms with van der Waals surface area (Å²) >= 11 is 0. The smallest absolute Gasteiger partial charge is 0.288 e. The first kappa shape index (κ1) is 23.4. The molecule has 2 aromatic heterocycles. The van der Waals surface area contributed by atoms with Gasteiger partial charge in [-0.2, -0.15) is 5.26 Å². The quantitative estimate of drug-likeness (QED) is 0.255. The number of rotatable bonds is 6. The van der Waals surface area contributed by atoms with Crippen LogP contribution in [0.15, 0.2) is 78.1 Å². The van der Waals surface area contributed by atoms with E-state index in [-0.39, 0.29) is 17.9 Å². The lowest BCUT2D eigenvalue weighted by Crippen LogP contribution is -2.49. The molecule has 1 aliphatic heterocycles. The van der Waals surface area contributed by atoms with E-state index in [2.05, 4.69) is 11.6 Å². The number of aliphatic hydroxyl groups excluding tert-OH is 1. The fraction of sp³-hybridized carbons (Fsp3) is 0.192. The minimum absolute atomic E-state index is 0.0706. The Morgan fingerprint density at radius 3 is 2.51 bits per heavy atom. The van der Waals surface area contributed by atoms with Gasteiger partial charge >= 0.3 is 0 Å². The lowest BCUT2D eigenvalue weighted by molar-refractivity contribution is -0.130. The van der Waals surface area contributed by atoms with Gasteiger partial charge in [-0.25, -0.2) is 0 Å². The fourth-order valence-electron chi connectivity index (χ4n) is 4.20. The maximum absolute atomic E-state index is 13.4. The average Bonchev–Trinajstić information content (AvgIpc) is 2.90. The van der Waals surface area contributed by atoms with Crippen molar-refractivity contribution in [2.24, 2.45) is 0 Å². The van der Waals surface area contributed by atoms with Crippen molar-refractivity contribution >= 4 is 28.3 Å². The van der Waals surface area contributed by atoms with Gasteiger partial charge in [0.25, 0.3) is 11.5 Å². The Bertz CT molecular complexity index is 1430. The standard InChI is InChI=1S/C26H23N5O4/c1-2-6-22(32)26(35)30-13-11-29(12-14-30)24-19-9-10-28-16-21(19)31(25(34)20(24)15-27)17-23(33)18-7-4-3-5-8-18/h2-10,16,32H,1,11-14,17H2/b22-6-. The van der Waals surface area contributed by atoms with Crippen LogP contribution in [0.2, 0.25) is 0 Å². The number of nitriles is 1. The normalized spacial score (nSPS) is 14.0. The van der Waals surface area contributed by atoms with Crippen LogP contribution in [0.25, 0.3) is 10.9 Å². The summed E-state index contributed by atoms with van der Waals surface area (Å²) in [6.45, 7) is 4.54. The highest BCUT2D eigenvalue weighted by Gasteiger charge is 2.28. The predicted molar refractivity (Wildman–Crippen MR) is 131 cm³/mol. The zero-order valence-corrected chi connectivity index (χ0v) is 18.9. The largest absolute Gasteiger partial charge is 0.503 e. The number of anilines is 1. The number of amides is 1. The monoisotopic (exact) mass is 469 g/mol. The Balaban J connectivity index is 1.71. The zero-order valence-electron chi connectivity index (χ0n) is 18.9. The first-order valence-electron chi connectivity index (χ1n) is 11.0. The number of benzene rings is 1. The predicted octanol–water partition coefficient (Wildman–Crippen LogP) is 2.43. The van der Waals surface area contributed by atoms with Gasteiger partial charge in [0.2, 0.25) is 0 Å². The maximum Gasteiger partial charge on any atom is 0.288 e. The molecule has 1 aliphatic rings. The Morgan fingerprint density at radius 2 is 1.86 bits per heavy atom. The Kier molecular flexibility index (Phi) is 6.73. The molecule has 4 rings (SSSR count). The number of aliphatic hydroxyl groups is 1. The molecule has 35 heavy (non-hydrogen) atoms. The molecule has 0 atom stereocenters. The molecular weight excluding hydrogens is 446 g/mol. The lowest BCUT2D eigenvalue weighted by Gasteiger charge is -2.36. The van der Waals surface area contributed by atoms with Gasteiger partial charge in [0.05, 0.1) is 23.9 Å². The minimum atomic E-state index is -0.572. The van der Waals surface area contributed by atoms with E-state index in [0.717, 1.165) is 0 Å². The molecule has 0 bridgehead atoms. The molecule has 1 amide bonds. The molecule has 0 radical (unpaired) electrons. The number of fused-ring (bicyclic) bond motifs is 1. The molecule has 9 heteroatoms. The number of aromatic nitrogens is 2. The summed E-state index contributed by atoms with van der Waals surface area (Å²) in [5.41, 5.74) is 0.724. The van der Waals surface area contributed by atoms with Crippen LogP contribution in [-0.4, -0.2) is 57.4 Å². The second kappa shape index (κ2) is 10.1. The second-order valence-corrected chi connectivity index (χ2v) is 7.98. The van der Waals surface area contributed by atoms with Crippen LogP contribution in [0.3, 0.4) is 0 Å². The number of carbonyl (C=O) groups excluding carboxylic acids is 2. The SMILES string of the molecule is C=C/C=C(\O)C(=O)N1CCN(c2c(C#N)c(=O)n(CC(=O)c3ccccc3)c3cnccc23)CC1. The topological polar surface area (TPSA) is 120 Å². The number of hydrogen-bond acceptors (Lipinski definition) is 7. The van der Waals surface area contributed by atoms with E-state index in [4.69, 9.17) is 0 Å². The first-order chi connectivity index (χ1) is 17.0. The molecule has 1 saturated heterocycles. The van der Waals surface area contributed by atoms with Crippen molar-refractivity contribution in [3.05, 3.63) is 94.8 Å². The van der Waals surface area contributed by atoms with E-state index in [1.165, 1.54) is 27.8 Å². The van der Waals surface area contributed by atoms with Gasteiger partial charge in [0.1, 0.15) is 11.6 Å². The zero-order chi connectivity index (χ0) is 24.9.